The second kappa shape index (κ2) is 19.4. The number of nitrogens with zero attached hydrogens (tertiary/aromatic N) is 11. The summed E-state index contributed by atoms with van der Waals surface area (Å²) in [6.45, 7) is 13.2. The van der Waals surface area contributed by atoms with Gasteiger partial charge in [0.2, 0.25) is 11.8 Å². The van der Waals surface area contributed by atoms with Gasteiger partial charge in [0.05, 0.1) is 46.9 Å². The second-order valence-electron chi connectivity index (χ2n) is 22.2. The maximum absolute atomic E-state index is 15.1. The first-order chi connectivity index (χ1) is 35.0. The van der Waals surface area contributed by atoms with E-state index in [1.165, 1.54) is 47.3 Å². The highest BCUT2D eigenvalue weighted by Gasteiger charge is 2.73. The minimum absolute atomic E-state index is 0.00583. The summed E-state index contributed by atoms with van der Waals surface area (Å²) in [5.41, 5.74) is 2.19. The zero-order valence-electron chi connectivity index (χ0n) is 41.6. The Bertz CT molecular complexity index is 2910. The molecule has 4 saturated heterocycles. The van der Waals surface area contributed by atoms with Gasteiger partial charge in [-0.05, 0) is 114 Å². The predicted octanol–water partition coefficient (Wildman–Crippen LogP) is 5.34. The number of aromatic amines is 1. The van der Waals surface area contributed by atoms with Gasteiger partial charge in [0.1, 0.15) is 22.5 Å². The molecular weight excluding hydrogens is 932 g/mol. The quantitative estimate of drug-likeness (QED) is 0.172. The number of halogens is 1. The number of piperazine rings is 2. The van der Waals surface area contributed by atoms with Crippen LogP contribution in [0.15, 0.2) is 47.3 Å². The summed E-state index contributed by atoms with van der Waals surface area (Å²) in [6, 6.07) is 12.0. The molecule has 16 nitrogen and oxygen atoms in total. The lowest BCUT2D eigenvalue weighted by Crippen LogP contribution is -2.71. The maximum Gasteiger partial charge on any atom is 0.272 e. The van der Waals surface area contributed by atoms with Crippen molar-refractivity contribution >= 4 is 39.8 Å². The third-order valence-electron chi connectivity index (χ3n) is 17.5. The van der Waals surface area contributed by atoms with Crippen LogP contribution in [0.4, 0.5) is 4.39 Å². The lowest BCUT2D eigenvalue weighted by molar-refractivity contribution is -0.189. The minimum Gasteiger partial charge on any atom is -0.340 e. The van der Waals surface area contributed by atoms with Crippen molar-refractivity contribution in [1.29, 1.82) is 0 Å². The number of H-pyrrole nitrogens is 1. The molecule has 3 aliphatic carbocycles. The number of hydrogen-bond acceptors (Lipinski definition) is 12. The Balaban J connectivity index is 0.559. The summed E-state index contributed by atoms with van der Waals surface area (Å²) in [4.78, 5) is 73.0. The number of amides is 3. The Morgan fingerprint density at radius 2 is 1.54 bits per heavy atom. The number of fused-ring (bicyclic) bond motifs is 2. The van der Waals surface area contributed by atoms with Crippen LogP contribution in [0.3, 0.4) is 0 Å². The number of thiazole rings is 1. The van der Waals surface area contributed by atoms with E-state index in [-0.39, 0.29) is 27.9 Å². The highest BCUT2D eigenvalue weighted by atomic mass is 32.1. The van der Waals surface area contributed by atoms with E-state index in [0.29, 0.717) is 79.0 Å². The van der Waals surface area contributed by atoms with Crippen LogP contribution in [-0.2, 0) is 40.9 Å². The maximum atomic E-state index is 15.1. The largest absolute Gasteiger partial charge is 0.340 e. The Kier molecular flexibility index (Phi) is 12.8. The van der Waals surface area contributed by atoms with Gasteiger partial charge in [0.15, 0.2) is 0 Å². The number of carbonyl (C=O) groups is 3. The Morgan fingerprint density at radius 3 is 2.33 bits per heavy atom. The summed E-state index contributed by atoms with van der Waals surface area (Å²) >= 11 is 1.85. The molecule has 3 aromatic heterocycles. The number of likely N-dealkylation sites (tertiary alicyclic amines) is 2. The molecule has 5 aliphatic heterocycles. The van der Waals surface area contributed by atoms with E-state index < -0.39 is 11.7 Å². The van der Waals surface area contributed by atoms with Gasteiger partial charge >= 0.3 is 0 Å². The molecular formula is C54H67FN12O4S. The van der Waals surface area contributed by atoms with Crippen LogP contribution in [0.1, 0.15) is 119 Å². The van der Waals surface area contributed by atoms with Crippen LogP contribution in [0.2, 0.25) is 0 Å². The third-order valence-corrected chi connectivity index (χ3v) is 18.5. The van der Waals surface area contributed by atoms with Crippen LogP contribution in [-0.4, -0.2) is 162 Å². The van der Waals surface area contributed by atoms with E-state index in [2.05, 4.69) is 46.4 Å². The average Bonchev–Trinajstić information content (AvgIpc) is 4.05. The molecule has 8 aliphatic rings. The van der Waals surface area contributed by atoms with Gasteiger partial charge in [-0.2, -0.15) is 5.10 Å². The zero-order chi connectivity index (χ0) is 49.1. The first-order valence-corrected chi connectivity index (χ1v) is 27.5. The predicted molar refractivity (Wildman–Crippen MR) is 271 cm³/mol. The van der Waals surface area contributed by atoms with Crippen LogP contribution in [0.25, 0.3) is 10.8 Å². The molecule has 18 heteroatoms. The molecule has 2 aromatic carbocycles. The van der Waals surface area contributed by atoms with Gasteiger partial charge in [-0.1, -0.05) is 30.7 Å². The molecule has 13 rings (SSSR count). The van der Waals surface area contributed by atoms with Gasteiger partial charge in [0, 0.05) is 94.0 Å². The first-order valence-electron chi connectivity index (χ1n) is 26.7. The Hall–Kier alpha value is -5.43. The molecule has 7 fully saturated rings. The van der Waals surface area contributed by atoms with Gasteiger partial charge < -0.3 is 19.3 Å². The number of piperidine rings is 1. The van der Waals surface area contributed by atoms with Crippen LogP contribution in [0, 0.1) is 24.1 Å². The van der Waals surface area contributed by atoms with Crippen LogP contribution in [0.5, 0.6) is 0 Å². The van der Waals surface area contributed by atoms with Gasteiger partial charge in [-0.25, -0.2) is 14.5 Å². The summed E-state index contributed by atoms with van der Waals surface area (Å²) in [6.07, 6.45) is 12.2. The van der Waals surface area contributed by atoms with Gasteiger partial charge in [0.25, 0.3) is 11.5 Å². The van der Waals surface area contributed by atoms with E-state index in [4.69, 9.17) is 10.1 Å². The molecule has 8 heterocycles. The van der Waals surface area contributed by atoms with Crippen molar-refractivity contribution in [2.24, 2.45) is 11.3 Å². The molecule has 1 atom stereocenters. The molecule has 3 saturated carbocycles. The molecule has 380 valence electrons. The summed E-state index contributed by atoms with van der Waals surface area (Å²) in [7, 11) is 0. The van der Waals surface area contributed by atoms with Crippen molar-refractivity contribution < 1.29 is 18.8 Å². The normalized spacial score (nSPS) is 25.3. The van der Waals surface area contributed by atoms with Gasteiger partial charge in [-0.15, -0.1) is 21.5 Å². The number of nitrogens with one attached hydrogen (secondary N) is 1. The van der Waals surface area contributed by atoms with Crippen molar-refractivity contribution in [2.75, 3.05) is 85.1 Å². The third kappa shape index (κ3) is 8.97. The number of carbonyl (C=O) groups excluding carboxylic acids is 3. The fraction of sp³-hybridized carbons (Fsp3) is 0.593. The SMILES string of the molecule is Cc1sc(CN2CCCC2c2nnc3n2CCCCC3)nc1C12CC(C(=O)N3CCN(CC4CCN(CC(=O)N5CCN(C(=O)c6cc(Cc7n[nH]c(=O)c8ccccc78)ccc6F)CC5)CC4)CC3)(C1)C2. The van der Waals surface area contributed by atoms with Crippen molar-refractivity contribution in [3.8, 4) is 0 Å². The molecule has 72 heavy (non-hydrogen) atoms. The number of aryl methyl sites for hydroxylation is 2. The lowest BCUT2D eigenvalue weighted by Gasteiger charge is -2.69. The van der Waals surface area contributed by atoms with E-state index in [0.717, 1.165) is 122 Å². The molecule has 2 bridgehead atoms. The first kappa shape index (κ1) is 47.6. The zero-order valence-corrected chi connectivity index (χ0v) is 42.4. The highest BCUT2D eigenvalue weighted by molar-refractivity contribution is 7.11. The molecule has 0 radical (unpaired) electrons. The monoisotopic (exact) mass is 999 g/mol. The second-order valence-corrected chi connectivity index (χ2v) is 23.5. The molecule has 1 N–H and O–H groups in total. The van der Waals surface area contributed by atoms with Crippen molar-refractivity contribution in [3.63, 3.8) is 0 Å². The lowest BCUT2D eigenvalue weighted by atomic mass is 9.33. The average molecular weight is 999 g/mol. The van der Waals surface area contributed by atoms with Crippen molar-refractivity contribution in [2.45, 2.75) is 109 Å². The fourth-order valence-electron chi connectivity index (χ4n) is 13.6. The molecule has 5 aromatic rings. The van der Waals surface area contributed by atoms with E-state index in [9.17, 15) is 19.2 Å². The Morgan fingerprint density at radius 1 is 0.792 bits per heavy atom. The number of benzene rings is 2. The smallest absolute Gasteiger partial charge is 0.272 e. The number of aromatic nitrogens is 6. The number of hydrogen-bond donors (Lipinski definition) is 1. The van der Waals surface area contributed by atoms with Gasteiger partial charge in [-0.3, -0.25) is 33.9 Å². The molecule has 0 spiro atoms. The Labute approximate surface area is 423 Å². The van der Waals surface area contributed by atoms with Crippen molar-refractivity contribution in [1.82, 2.24) is 59.3 Å². The van der Waals surface area contributed by atoms with E-state index >= 15 is 4.39 Å². The minimum atomic E-state index is -0.590. The van der Waals surface area contributed by atoms with Crippen LogP contribution >= 0.6 is 11.3 Å². The topological polar surface area (TPSA) is 160 Å². The standard InChI is InChI=1S/C54H67FN12O4S/c1-36-48(56-46(72-36)31-66-16-7-10-44(66)49-59-58-45-11-3-2-6-17-67(45)49)53-33-54(34-53,35-53)52(71)65-22-20-62(21-23-65)30-37-14-18-61(19-15-37)32-47(68)63-24-26-64(27-25-63)51(70)41-28-38(12-13-42(41)55)29-43-39-8-4-5-9-40(39)50(69)60-57-43/h4-5,8-9,12-13,28,37,44H,2-3,6-7,10-11,14-27,29-35H2,1H3,(H,60,69). The number of rotatable bonds is 12. The fourth-order valence-corrected chi connectivity index (χ4v) is 14.7. The summed E-state index contributed by atoms with van der Waals surface area (Å²) in [5, 5.41) is 18.6. The van der Waals surface area contributed by atoms with Crippen LogP contribution < -0.4 is 5.56 Å². The molecule has 3 amide bonds. The van der Waals surface area contributed by atoms with E-state index in [1.807, 2.05) is 28.4 Å². The molecule has 1 unspecified atom stereocenters. The summed E-state index contributed by atoms with van der Waals surface area (Å²) in [5.74, 6) is 2.33. The van der Waals surface area contributed by atoms with Crippen molar-refractivity contribution in [3.05, 3.63) is 103 Å². The van der Waals surface area contributed by atoms with E-state index in [1.54, 1.807) is 29.2 Å². The highest BCUT2D eigenvalue weighted by Crippen LogP contribution is 2.74. The summed E-state index contributed by atoms with van der Waals surface area (Å²) < 4.78 is 17.5.